The van der Waals surface area contributed by atoms with Gasteiger partial charge in [-0.05, 0) is 31.2 Å². The van der Waals surface area contributed by atoms with Gasteiger partial charge in [-0.2, -0.15) is 5.26 Å². The van der Waals surface area contributed by atoms with Crippen molar-refractivity contribution >= 4 is 10.0 Å². The summed E-state index contributed by atoms with van der Waals surface area (Å²) in [4.78, 5) is 1.83. The molecular weight excluding hydrogens is 307 g/mol. The standard InChI is InChI=1S/C14H19FN4O2S/c15-13-10-12(11-16)2-3-14(13)22(20,21)18-4-1-7-19-8-5-17-6-9-19/h2-3,10,17-18H,1,4-9H2. The van der Waals surface area contributed by atoms with Gasteiger partial charge >= 0.3 is 0 Å². The van der Waals surface area contributed by atoms with Crippen molar-refractivity contribution in [2.24, 2.45) is 0 Å². The lowest BCUT2D eigenvalue weighted by Crippen LogP contribution is -2.44. The van der Waals surface area contributed by atoms with Crippen molar-refractivity contribution < 1.29 is 12.8 Å². The molecule has 6 nitrogen and oxygen atoms in total. The average Bonchev–Trinajstić information content (AvgIpc) is 2.52. The molecule has 0 radical (unpaired) electrons. The quantitative estimate of drug-likeness (QED) is 0.733. The van der Waals surface area contributed by atoms with Gasteiger partial charge in [0.25, 0.3) is 0 Å². The molecule has 0 aromatic heterocycles. The Labute approximate surface area is 130 Å². The highest BCUT2D eigenvalue weighted by Gasteiger charge is 2.19. The molecule has 2 N–H and O–H groups in total. The van der Waals surface area contributed by atoms with Gasteiger partial charge in [0, 0.05) is 32.7 Å². The Kier molecular flexibility index (Phi) is 5.85. The first-order chi connectivity index (χ1) is 10.5. The van der Waals surface area contributed by atoms with Gasteiger partial charge in [0.15, 0.2) is 0 Å². The lowest BCUT2D eigenvalue weighted by Gasteiger charge is -2.27. The number of nitrogens with one attached hydrogen (secondary N) is 2. The topological polar surface area (TPSA) is 85.2 Å². The van der Waals surface area contributed by atoms with Gasteiger partial charge < -0.3 is 10.2 Å². The van der Waals surface area contributed by atoms with Gasteiger partial charge in [0.1, 0.15) is 10.7 Å². The normalized spacial score (nSPS) is 16.4. The lowest BCUT2D eigenvalue weighted by molar-refractivity contribution is 0.239. The fraction of sp³-hybridized carbons (Fsp3) is 0.500. The van der Waals surface area contributed by atoms with E-state index in [1.165, 1.54) is 6.07 Å². The summed E-state index contributed by atoms with van der Waals surface area (Å²) in [6.45, 7) is 4.87. The molecule has 0 bridgehead atoms. The van der Waals surface area contributed by atoms with Crippen LogP contribution in [0.1, 0.15) is 12.0 Å². The minimum atomic E-state index is -3.88. The summed E-state index contributed by atoms with van der Waals surface area (Å²) in [6, 6.07) is 5.10. The van der Waals surface area contributed by atoms with E-state index < -0.39 is 20.7 Å². The molecule has 22 heavy (non-hydrogen) atoms. The van der Waals surface area contributed by atoms with Gasteiger partial charge in [-0.1, -0.05) is 0 Å². The highest BCUT2D eigenvalue weighted by molar-refractivity contribution is 7.89. The van der Waals surface area contributed by atoms with E-state index in [2.05, 4.69) is 14.9 Å². The highest BCUT2D eigenvalue weighted by Crippen LogP contribution is 2.15. The Hall–Kier alpha value is -1.53. The number of sulfonamides is 1. The molecule has 1 saturated heterocycles. The van der Waals surface area contributed by atoms with Gasteiger partial charge in [-0.15, -0.1) is 0 Å². The molecule has 8 heteroatoms. The van der Waals surface area contributed by atoms with Crippen LogP contribution >= 0.6 is 0 Å². The highest BCUT2D eigenvalue weighted by atomic mass is 32.2. The third-order valence-corrected chi connectivity index (χ3v) is 5.00. The van der Waals surface area contributed by atoms with E-state index >= 15 is 0 Å². The van der Waals surface area contributed by atoms with E-state index in [4.69, 9.17) is 5.26 Å². The van der Waals surface area contributed by atoms with Crippen molar-refractivity contribution in [1.29, 1.82) is 5.26 Å². The predicted molar refractivity (Wildman–Crippen MR) is 80.2 cm³/mol. The average molecular weight is 326 g/mol. The van der Waals surface area contributed by atoms with Gasteiger partial charge in [0.05, 0.1) is 11.6 Å². The molecule has 0 spiro atoms. The summed E-state index contributed by atoms with van der Waals surface area (Å²) in [5.41, 5.74) is 0.0927. The number of rotatable bonds is 6. The van der Waals surface area contributed by atoms with Crippen molar-refractivity contribution in [1.82, 2.24) is 14.9 Å². The smallest absolute Gasteiger partial charge is 0.243 e. The molecule has 1 aliphatic heterocycles. The van der Waals surface area contributed by atoms with Crippen LogP contribution in [-0.2, 0) is 10.0 Å². The van der Waals surface area contributed by atoms with Crippen LogP contribution < -0.4 is 10.0 Å². The molecule has 0 atom stereocenters. The second-order valence-electron chi connectivity index (χ2n) is 5.10. The largest absolute Gasteiger partial charge is 0.314 e. The molecule has 0 saturated carbocycles. The summed E-state index contributed by atoms with van der Waals surface area (Å²) in [5.74, 6) is -0.909. The molecule has 2 rings (SSSR count). The lowest BCUT2D eigenvalue weighted by atomic mass is 10.2. The Morgan fingerprint density at radius 1 is 1.36 bits per heavy atom. The Bertz CT molecular complexity index is 651. The van der Waals surface area contributed by atoms with Crippen LogP contribution in [0.2, 0.25) is 0 Å². The monoisotopic (exact) mass is 326 g/mol. The maximum absolute atomic E-state index is 13.7. The van der Waals surface area contributed by atoms with Crippen LogP contribution in [0.25, 0.3) is 0 Å². The zero-order chi connectivity index (χ0) is 16.0. The van der Waals surface area contributed by atoms with E-state index in [0.29, 0.717) is 6.42 Å². The molecule has 120 valence electrons. The third kappa shape index (κ3) is 4.48. The van der Waals surface area contributed by atoms with Gasteiger partial charge in [-0.3, -0.25) is 0 Å². The first-order valence-corrected chi connectivity index (χ1v) is 8.63. The minimum Gasteiger partial charge on any atom is -0.314 e. The summed E-state index contributed by atoms with van der Waals surface area (Å²) in [7, 11) is -3.88. The van der Waals surface area contributed by atoms with Crippen LogP contribution in [0.5, 0.6) is 0 Å². The molecule has 1 heterocycles. The van der Waals surface area contributed by atoms with Crippen molar-refractivity contribution in [2.75, 3.05) is 39.3 Å². The summed E-state index contributed by atoms with van der Waals surface area (Å²) < 4.78 is 40.2. The van der Waals surface area contributed by atoms with Crippen LogP contribution in [-0.4, -0.2) is 52.6 Å². The van der Waals surface area contributed by atoms with Gasteiger partial charge in [0.2, 0.25) is 10.0 Å². The summed E-state index contributed by atoms with van der Waals surface area (Å²) in [5, 5.41) is 11.9. The van der Waals surface area contributed by atoms with Crippen LogP contribution in [0, 0.1) is 17.1 Å². The SMILES string of the molecule is N#Cc1ccc(S(=O)(=O)NCCCN2CCNCC2)c(F)c1. The van der Waals surface area contributed by atoms with Gasteiger partial charge in [-0.25, -0.2) is 17.5 Å². The maximum Gasteiger partial charge on any atom is 0.243 e. The molecule has 1 aliphatic rings. The van der Waals surface area contributed by atoms with Crippen LogP contribution in [0.3, 0.4) is 0 Å². The fourth-order valence-electron chi connectivity index (χ4n) is 2.31. The molecule has 1 aromatic carbocycles. The molecule has 0 amide bonds. The third-order valence-electron chi connectivity index (χ3n) is 3.50. The fourth-order valence-corrected chi connectivity index (χ4v) is 3.44. The van der Waals surface area contributed by atoms with Crippen molar-refractivity contribution in [3.05, 3.63) is 29.6 Å². The first kappa shape index (κ1) is 16.8. The number of benzene rings is 1. The van der Waals surface area contributed by atoms with E-state index in [9.17, 15) is 12.8 Å². The predicted octanol–water partition coefficient (Wildman–Crippen LogP) is 0.271. The van der Waals surface area contributed by atoms with E-state index in [1.807, 2.05) is 0 Å². The summed E-state index contributed by atoms with van der Waals surface area (Å²) >= 11 is 0. The Morgan fingerprint density at radius 2 is 2.09 bits per heavy atom. The van der Waals surface area contributed by atoms with Crippen molar-refractivity contribution in [3.8, 4) is 6.07 Å². The van der Waals surface area contributed by atoms with Crippen molar-refractivity contribution in [2.45, 2.75) is 11.3 Å². The zero-order valence-corrected chi connectivity index (χ0v) is 13.0. The van der Waals surface area contributed by atoms with Crippen LogP contribution in [0.4, 0.5) is 4.39 Å². The zero-order valence-electron chi connectivity index (χ0n) is 12.2. The first-order valence-electron chi connectivity index (χ1n) is 7.15. The Balaban J connectivity index is 1.87. The number of nitriles is 1. The molecular formula is C14H19FN4O2S. The summed E-state index contributed by atoms with van der Waals surface area (Å²) in [6.07, 6.45) is 0.664. The molecule has 0 unspecified atom stereocenters. The number of halogens is 1. The molecule has 1 fully saturated rings. The number of nitrogens with zero attached hydrogens (tertiary/aromatic N) is 2. The van der Waals surface area contributed by atoms with Crippen molar-refractivity contribution in [3.63, 3.8) is 0 Å². The second kappa shape index (κ2) is 7.65. The van der Waals surface area contributed by atoms with E-state index in [1.54, 1.807) is 6.07 Å². The maximum atomic E-state index is 13.7. The number of hydrogen-bond acceptors (Lipinski definition) is 5. The number of piperazine rings is 1. The minimum absolute atomic E-state index is 0.0927. The van der Waals surface area contributed by atoms with E-state index in [-0.39, 0.29) is 12.1 Å². The van der Waals surface area contributed by atoms with E-state index in [0.717, 1.165) is 44.9 Å². The molecule has 1 aromatic rings. The molecule has 0 aliphatic carbocycles. The second-order valence-corrected chi connectivity index (χ2v) is 6.84. The number of hydrogen-bond donors (Lipinski definition) is 2. The van der Waals surface area contributed by atoms with Crippen LogP contribution in [0.15, 0.2) is 23.1 Å². The Morgan fingerprint density at radius 3 is 2.73 bits per heavy atom.